The van der Waals surface area contributed by atoms with E-state index in [1.54, 1.807) is 13.0 Å². The van der Waals surface area contributed by atoms with Crippen LogP contribution in [-0.2, 0) is 11.3 Å². The summed E-state index contributed by atoms with van der Waals surface area (Å²) >= 11 is 0. The standard InChI is InChI=1S/C15H18N2O2/c1-11-8-12(9-16)4-5-13(11)10-17-7-3-6-15(17,2)14(18)19/h4-5,8H,3,6-7,10H2,1-2H3,(H,18,19). The molecule has 19 heavy (non-hydrogen) atoms. The third kappa shape index (κ3) is 2.47. The largest absolute Gasteiger partial charge is 0.480 e. The molecular weight excluding hydrogens is 240 g/mol. The van der Waals surface area contributed by atoms with Crippen molar-refractivity contribution >= 4 is 5.97 Å². The molecule has 1 atom stereocenters. The molecule has 0 aromatic heterocycles. The Bertz CT molecular complexity index is 548. The van der Waals surface area contributed by atoms with Crippen molar-refractivity contribution in [2.45, 2.75) is 38.8 Å². The third-order valence-corrected chi connectivity index (χ3v) is 4.08. The number of benzene rings is 1. The van der Waals surface area contributed by atoms with Gasteiger partial charge in [-0.3, -0.25) is 9.69 Å². The number of carboxylic acids is 1. The van der Waals surface area contributed by atoms with E-state index in [1.807, 2.05) is 24.0 Å². The summed E-state index contributed by atoms with van der Waals surface area (Å²) in [5.41, 5.74) is 2.01. The number of aliphatic carboxylic acids is 1. The van der Waals surface area contributed by atoms with Crippen LogP contribution in [0.1, 0.15) is 36.5 Å². The molecule has 100 valence electrons. The lowest BCUT2D eigenvalue weighted by atomic mass is 9.98. The molecule has 4 heteroatoms. The minimum Gasteiger partial charge on any atom is -0.480 e. The van der Waals surface area contributed by atoms with E-state index in [0.29, 0.717) is 18.5 Å². The Labute approximate surface area is 113 Å². The highest BCUT2D eigenvalue weighted by Crippen LogP contribution is 2.31. The lowest BCUT2D eigenvalue weighted by Crippen LogP contribution is -2.47. The van der Waals surface area contributed by atoms with E-state index in [0.717, 1.165) is 24.1 Å². The first-order valence-corrected chi connectivity index (χ1v) is 6.45. The number of carbonyl (C=O) groups is 1. The van der Waals surface area contributed by atoms with E-state index in [4.69, 9.17) is 5.26 Å². The van der Waals surface area contributed by atoms with Crippen molar-refractivity contribution in [2.75, 3.05) is 6.54 Å². The second-order valence-corrected chi connectivity index (χ2v) is 5.36. The van der Waals surface area contributed by atoms with Crippen LogP contribution in [0.3, 0.4) is 0 Å². The number of rotatable bonds is 3. The maximum atomic E-state index is 11.4. The van der Waals surface area contributed by atoms with Crippen molar-refractivity contribution in [1.82, 2.24) is 4.90 Å². The Morgan fingerprint density at radius 3 is 2.89 bits per heavy atom. The molecule has 0 radical (unpaired) electrons. The van der Waals surface area contributed by atoms with Gasteiger partial charge in [0, 0.05) is 6.54 Å². The second kappa shape index (κ2) is 5.02. The number of nitrogens with zero attached hydrogens (tertiary/aromatic N) is 2. The normalized spacial score (nSPS) is 23.2. The van der Waals surface area contributed by atoms with Gasteiger partial charge in [0.2, 0.25) is 0 Å². The highest BCUT2D eigenvalue weighted by molar-refractivity contribution is 5.78. The molecular formula is C15H18N2O2. The Kier molecular flexibility index (Phi) is 3.59. The third-order valence-electron chi connectivity index (χ3n) is 4.08. The van der Waals surface area contributed by atoms with Crippen molar-refractivity contribution in [3.8, 4) is 6.07 Å². The summed E-state index contributed by atoms with van der Waals surface area (Å²) in [5, 5.41) is 18.2. The van der Waals surface area contributed by atoms with Gasteiger partial charge >= 0.3 is 5.97 Å². The Hall–Kier alpha value is -1.86. The van der Waals surface area contributed by atoms with Gasteiger partial charge in [0.1, 0.15) is 5.54 Å². The first-order chi connectivity index (χ1) is 8.97. The van der Waals surface area contributed by atoms with Crippen LogP contribution < -0.4 is 0 Å². The molecule has 1 heterocycles. The molecule has 0 amide bonds. The summed E-state index contributed by atoms with van der Waals surface area (Å²) in [6, 6.07) is 7.68. The van der Waals surface area contributed by atoms with E-state index in [-0.39, 0.29) is 0 Å². The van der Waals surface area contributed by atoms with Crippen LogP contribution in [-0.4, -0.2) is 28.1 Å². The van der Waals surface area contributed by atoms with Gasteiger partial charge in [-0.1, -0.05) is 6.07 Å². The van der Waals surface area contributed by atoms with E-state index in [9.17, 15) is 9.90 Å². The number of carboxylic acid groups (broad SMARTS) is 1. The molecule has 1 saturated heterocycles. The molecule has 2 rings (SSSR count). The highest BCUT2D eigenvalue weighted by Gasteiger charge is 2.43. The number of aryl methyl sites for hydroxylation is 1. The quantitative estimate of drug-likeness (QED) is 0.903. The summed E-state index contributed by atoms with van der Waals surface area (Å²) < 4.78 is 0. The topological polar surface area (TPSA) is 64.3 Å². The van der Waals surface area contributed by atoms with Gasteiger partial charge in [-0.25, -0.2) is 0 Å². The number of nitriles is 1. The Morgan fingerprint density at radius 2 is 2.32 bits per heavy atom. The molecule has 1 aliphatic heterocycles. The smallest absolute Gasteiger partial charge is 0.323 e. The van der Waals surface area contributed by atoms with Crippen LogP contribution >= 0.6 is 0 Å². The average Bonchev–Trinajstić information content (AvgIpc) is 2.75. The highest BCUT2D eigenvalue weighted by atomic mass is 16.4. The monoisotopic (exact) mass is 258 g/mol. The molecule has 1 aromatic rings. The molecule has 0 spiro atoms. The molecule has 0 aliphatic carbocycles. The summed E-state index contributed by atoms with van der Waals surface area (Å²) in [6.45, 7) is 5.19. The minimum absolute atomic E-state index is 0.625. The second-order valence-electron chi connectivity index (χ2n) is 5.36. The predicted octanol–water partition coefficient (Wildman–Crippen LogP) is 2.31. The number of likely N-dealkylation sites (tertiary alicyclic amines) is 1. The van der Waals surface area contributed by atoms with Crippen LogP contribution in [0, 0.1) is 18.3 Å². The van der Waals surface area contributed by atoms with Gasteiger partial charge in [-0.15, -0.1) is 0 Å². The molecule has 1 aromatic carbocycles. The molecule has 0 bridgehead atoms. The summed E-state index contributed by atoms with van der Waals surface area (Å²) in [5.74, 6) is -0.753. The van der Waals surface area contributed by atoms with Crippen molar-refractivity contribution < 1.29 is 9.90 Å². The van der Waals surface area contributed by atoms with Gasteiger partial charge in [-0.2, -0.15) is 5.26 Å². The van der Waals surface area contributed by atoms with Crippen molar-refractivity contribution in [3.63, 3.8) is 0 Å². The molecule has 1 N–H and O–H groups in total. The van der Waals surface area contributed by atoms with Crippen molar-refractivity contribution in [2.24, 2.45) is 0 Å². The Balaban J connectivity index is 2.22. The minimum atomic E-state index is -0.764. The molecule has 1 unspecified atom stereocenters. The van der Waals surface area contributed by atoms with Crippen LogP contribution in [0.15, 0.2) is 18.2 Å². The summed E-state index contributed by atoms with van der Waals surface area (Å²) in [4.78, 5) is 13.4. The number of hydrogen-bond acceptors (Lipinski definition) is 3. The zero-order chi connectivity index (χ0) is 14.0. The maximum Gasteiger partial charge on any atom is 0.323 e. The van der Waals surface area contributed by atoms with Crippen molar-refractivity contribution in [1.29, 1.82) is 5.26 Å². The fourth-order valence-electron chi connectivity index (χ4n) is 2.66. The Morgan fingerprint density at radius 1 is 1.58 bits per heavy atom. The average molecular weight is 258 g/mol. The van der Waals surface area contributed by atoms with Crippen LogP contribution in [0.25, 0.3) is 0 Å². The summed E-state index contributed by atoms with van der Waals surface area (Å²) in [7, 11) is 0. The van der Waals surface area contributed by atoms with E-state index >= 15 is 0 Å². The van der Waals surface area contributed by atoms with Gasteiger partial charge in [-0.05, 0) is 56.5 Å². The van der Waals surface area contributed by atoms with Crippen molar-refractivity contribution in [3.05, 3.63) is 34.9 Å². The van der Waals surface area contributed by atoms with Gasteiger partial charge < -0.3 is 5.11 Å². The SMILES string of the molecule is Cc1cc(C#N)ccc1CN1CCCC1(C)C(=O)O. The van der Waals surface area contributed by atoms with Gasteiger partial charge in [0.15, 0.2) is 0 Å². The van der Waals surface area contributed by atoms with E-state index in [2.05, 4.69) is 6.07 Å². The fraction of sp³-hybridized carbons (Fsp3) is 0.467. The first-order valence-electron chi connectivity index (χ1n) is 6.45. The van der Waals surface area contributed by atoms with Gasteiger partial charge in [0.05, 0.1) is 11.6 Å². The lowest BCUT2D eigenvalue weighted by Gasteiger charge is -2.31. The predicted molar refractivity (Wildman–Crippen MR) is 71.6 cm³/mol. The zero-order valence-electron chi connectivity index (χ0n) is 11.3. The van der Waals surface area contributed by atoms with E-state index in [1.165, 1.54) is 0 Å². The molecule has 4 nitrogen and oxygen atoms in total. The van der Waals surface area contributed by atoms with Gasteiger partial charge in [0.25, 0.3) is 0 Å². The molecule has 0 saturated carbocycles. The molecule has 1 aliphatic rings. The van der Waals surface area contributed by atoms with Crippen LogP contribution in [0.4, 0.5) is 0 Å². The zero-order valence-corrected chi connectivity index (χ0v) is 11.3. The first kappa shape index (κ1) is 13.6. The van der Waals surface area contributed by atoms with Crippen LogP contribution in [0.2, 0.25) is 0 Å². The lowest BCUT2D eigenvalue weighted by molar-refractivity contribution is -0.148. The van der Waals surface area contributed by atoms with Crippen LogP contribution in [0.5, 0.6) is 0 Å². The fourth-order valence-corrected chi connectivity index (χ4v) is 2.66. The summed E-state index contributed by atoms with van der Waals surface area (Å²) in [6.07, 6.45) is 1.61. The maximum absolute atomic E-state index is 11.4. The molecule has 1 fully saturated rings. The van der Waals surface area contributed by atoms with E-state index < -0.39 is 11.5 Å². The number of hydrogen-bond donors (Lipinski definition) is 1.